The SMILES string of the molecule is OC(CN1CCCC1C(O)(c1ccccc1)c1ccccc1)(c1ccccc1)c1ccccc1. The Morgan fingerprint density at radius 3 is 1.38 bits per heavy atom. The number of β-amino-alcohol motifs (C(OH)–C–C–N with tert-alkyl or cyclic N) is 1. The lowest BCUT2D eigenvalue weighted by molar-refractivity contribution is -0.0358. The van der Waals surface area contributed by atoms with Crippen molar-refractivity contribution in [1.82, 2.24) is 4.90 Å². The minimum Gasteiger partial charge on any atom is -0.379 e. The molecule has 0 aromatic heterocycles. The number of benzene rings is 4. The molecule has 0 aliphatic carbocycles. The van der Waals surface area contributed by atoms with E-state index >= 15 is 0 Å². The highest BCUT2D eigenvalue weighted by atomic mass is 16.3. The molecular weight excluding hydrogens is 418 g/mol. The number of aliphatic hydroxyl groups is 2. The van der Waals surface area contributed by atoms with Gasteiger partial charge >= 0.3 is 0 Å². The van der Waals surface area contributed by atoms with Crippen molar-refractivity contribution in [1.29, 1.82) is 0 Å². The maximum atomic E-state index is 12.4. The van der Waals surface area contributed by atoms with Crippen LogP contribution in [0.3, 0.4) is 0 Å². The van der Waals surface area contributed by atoms with Gasteiger partial charge in [0.15, 0.2) is 0 Å². The average molecular weight is 450 g/mol. The zero-order valence-corrected chi connectivity index (χ0v) is 19.3. The number of hydrogen-bond acceptors (Lipinski definition) is 3. The molecule has 5 rings (SSSR count). The van der Waals surface area contributed by atoms with Crippen LogP contribution in [0, 0.1) is 0 Å². The standard InChI is InChI=1S/C31H31NO2/c33-30(25-14-5-1-6-15-25,26-16-7-2-8-17-26)24-32-23-13-22-29(32)31(34,27-18-9-3-10-19-27)28-20-11-4-12-21-28/h1-12,14-21,29,33-34H,13,22-24H2. The molecule has 1 fully saturated rings. The summed E-state index contributed by atoms with van der Waals surface area (Å²) in [4.78, 5) is 2.28. The molecule has 1 unspecified atom stereocenters. The van der Waals surface area contributed by atoms with Crippen LogP contribution < -0.4 is 0 Å². The van der Waals surface area contributed by atoms with E-state index in [0.29, 0.717) is 6.54 Å². The Labute approximate surface area is 201 Å². The summed E-state index contributed by atoms with van der Waals surface area (Å²) in [5.41, 5.74) is 1.08. The van der Waals surface area contributed by atoms with Gasteiger partial charge in [0.1, 0.15) is 11.2 Å². The molecule has 0 radical (unpaired) electrons. The van der Waals surface area contributed by atoms with Crippen LogP contribution in [0.2, 0.25) is 0 Å². The Morgan fingerprint density at radius 1 is 0.588 bits per heavy atom. The smallest absolute Gasteiger partial charge is 0.130 e. The summed E-state index contributed by atoms with van der Waals surface area (Å²) in [6.07, 6.45) is 1.81. The summed E-state index contributed by atoms with van der Waals surface area (Å²) in [5.74, 6) is 0. The third-order valence-corrected chi connectivity index (χ3v) is 7.21. The predicted molar refractivity (Wildman–Crippen MR) is 136 cm³/mol. The molecule has 4 aromatic rings. The van der Waals surface area contributed by atoms with Crippen LogP contribution in [0.25, 0.3) is 0 Å². The van der Waals surface area contributed by atoms with Gasteiger partial charge in [0.2, 0.25) is 0 Å². The first kappa shape index (κ1) is 22.5. The van der Waals surface area contributed by atoms with E-state index in [0.717, 1.165) is 41.6 Å². The molecule has 3 heteroatoms. The van der Waals surface area contributed by atoms with Crippen LogP contribution in [-0.4, -0.2) is 34.2 Å². The van der Waals surface area contributed by atoms with Crippen molar-refractivity contribution < 1.29 is 10.2 Å². The molecule has 1 atom stereocenters. The van der Waals surface area contributed by atoms with Gasteiger partial charge in [0.25, 0.3) is 0 Å². The first-order chi connectivity index (χ1) is 16.6. The third kappa shape index (κ3) is 4.07. The highest BCUT2D eigenvalue weighted by Crippen LogP contribution is 2.42. The molecule has 4 aromatic carbocycles. The molecular formula is C31H31NO2. The van der Waals surface area contributed by atoms with Gasteiger partial charge in [-0.3, -0.25) is 4.90 Å². The lowest BCUT2D eigenvalue weighted by Crippen LogP contribution is -2.52. The van der Waals surface area contributed by atoms with Crippen molar-refractivity contribution in [3.8, 4) is 0 Å². The Bertz CT molecular complexity index is 1100. The Kier molecular flexibility index (Phi) is 6.34. The van der Waals surface area contributed by atoms with Gasteiger partial charge < -0.3 is 10.2 Å². The molecule has 1 saturated heterocycles. The highest BCUT2D eigenvalue weighted by molar-refractivity contribution is 5.40. The van der Waals surface area contributed by atoms with E-state index in [-0.39, 0.29) is 6.04 Å². The minimum absolute atomic E-state index is 0.170. The van der Waals surface area contributed by atoms with Crippen LogP contribution in [0.5, 0.6) is 0 Å². The van der Waals surface area contributed by atoms with Gasteiger partial charge in [-0.15, -0.1) is 0 Å². The first-order valence-electron chi connectivity index (χ1n) is 12.0. The Morgan fingerprint density at radius 2 is 0.971 bits per heavy atom. The van der Waals surface area contributed by atoms with Crippen LogP contribution in [0.15, 0.2) is 121 Å². The van der Waals surface area contributed by atoms with Crippen molar-refractivity contribution in [2.24, 2.45) is 0 Å². The molecule has 3 nitrogen and oxygen atoms in total. The summed E-state index contributed by atoms with van der Waals surface area (Å²) in [7, 11) is 0. The van der Waals surface area contributed by atoms with Crippen LogP contribution >= 0.6 is 0 Å². The zero-order chi connectivity index (χ0) is 23.4. The van der Waals surface area contributed by atoms with E-state index in [2.05, 4.69) is 4.90 Å². The minimum atomic E-state index is -1.20. The fraction of sp³-hybridized carbons (Fsp3) is 0.226. The van der Waals surface area contributed by atoms with Crippen LogP contribution in [0.4, 0.5) is 0 Å². The molecule has 1 aliphatic heterocycles. The fourth-order valence-electron chi connectivity index (χ4n) is 5.50. The van der Waals surface area contributed by atoms with Crippen LogP contribution in [-0.2, 0) is 11.2 Å². The van der Waals surface area contributed by atoms with E-state index in [1.807, 2.05) is 121 Å². The highest BCUT2D eigenvalue weighted by Gasteiger charge is 2.47. The Balaban J connectivity index is 1.58. The number of hydrogen-bond donors (Lipinski definition) is 2. The number of rotatable bonds is 7. The maximum absolute atomic E-state index is 12.4. The number of likely N-dealkylation sites (tertiary alicyclic amines) is 1. The van der Waals surface area contributed by atoms with E-state index in [9.17, 15) is 10.2 Å². The van der Waals surface area contributed by atoms with Gasteiger partial charge in [0, 0.05) is 12.6 Å². The lowest BCUT2D eigenvalue weighted by Gasteiger charge is -2.43. The van der Waals surface area contributed by atoms with Crippen molar-refractivity contribution in [2.45, 2.75) is 30.1 Å². The van der Waals surface area contributed by atoms with Gasteiger partial charge in [-0.1, -0.05) is 121 Å². The molecule has 0 amide bonds. The quantitative estimate of drug-likeness (QED) is 0.401. The maximum Gasteiger partial charge on any atom is 0.130 e. The van der Waals surface area contributed by atoms with E-state index in [4.69, 9.17) is 0 Å². The normalized spacial score (nSPS) is 17.1. The first-order valence-corrected chi connectivity index (χ1v) is 12.0. The largest absolute Gasteiger partial charge is 0.379 e. The van der Waals surface area contributed by atoms with E-state index < -0.39 is 11.2 Å². The second-order valence-electron chi connectivity index (χ2n) is 9.22. The van der Waals surface area contributed by atoms with Gasteiger partial charge in [-0.2, -0.15) is 0 Å². The monoisotopic (exact) mass is 449 g/mol. The van der Waals surface area contributed by atoms with E-state index in [1.54, 1.807) is 0 Å². The topological polar surface area (TPSA) is 43.7 Å². The molecule has 0 spiro atoms. The summed E-state index contributed by atoms with van der Waals surface area (Å²) < 4.78 is 0. The van der Waals surface area contributed by atoms with Gasteiger partial charge in [-0.05, 0) is 41.6 Å². The molecule has 0 bridgehead atoms. The fourth-order valence-corrected chi connectivity index (χ4v) is 5.50. The zero-order valence-electron chi connectivity index (χ0n) is 19.3. The molecule has 0 saturated carbocycles. The van der Waals surface area contributed by atoms with Crippen molar-refractivity contribution >= 4 is 0 Å². The second kappa shape index (κ2) is 9.55. The van der Waals surface area contributed by atoms with Gasteiger partial charge in [0.05, 0.1) is 0 Å². The van der Waals surface area contributed by atoms with Gasteiger partial charge in [-0.25, -0.2) is 0 Å². The van der Waals surface area contributed by atoms with Crippen molar-refractivity contribution in [2.75, 3.05) is 13.1 Å². The molecule has 34 heavy (non-hydrogen) atoms. The third-order valence-electron chi connectivity index (χ3n) is 7.21. The molecule has 172 valence electrons. The second-order valence-corrected chi connectivity index (χ2v) is 9.22. The summed E-state index contributed by atoms with van der Waals surface area (Å²) in [6, 6.07) is 39.5. The predicted octanol–water partition coefficient (Wildman–Crippen LogP) is 5.32. The van der Waals surface area contributed by atoms with Crippen LogP contribution in [0.1, 0.15) is 35.1 Å². The van der Waals surface area contributed by atoms with Crippen molar-refractivity contribution in [3.05, 3.63) is 144 Å². The molecule has 2 N–H and O–H groups in total. The summed E-state index contributed by atoms with van der Waals surface area (Å²) >= 11 is 0. The summed E-state index contributed by atoms with van der Waals surface area (Å²) in [5, 5.41) is 24.7. The molecule has 1 heterocycles. The lowest BCUT2D eigenvalue weighted by atomic mass is 9.78. The number of nitrogens with zero attached hydrogens (tertiary/aromatic N) is 1. The van der Waals surface area contributed by atoms with Crippen molar-refractivity contribution in [3.63, 3.8) is 0 Å². The molecule has 1 aliphatic rings. The van der Waals surface area contributed by atoms with E-state index in [1.165, 1.54) is 0 Å². The Hall–Kier alpha value is -3.24. The summed E-state index contributed by atoms with van der Waals surface area (Å²) in [6.45, 7) is 1.21. The average Bonchev–Trinajstić information content (AvgIpc) is 3.38.